The van der Waals surface area contributed by atoms with Gasteiger partial charge in [0.1, 0.15) is 0 Å². The van der Waals surface area contributed by atoms with E-state index in [-0.39, 0.29) is 17.2 Å². The van der Waals surface area contributed by atoms with Crippen LogP contribution in [0.1, 0.15) is 18.4 Å². The van der Waals surface area contributed by atoms with Crippen LogP contribution in [0.25, 0.3) is 0 Å². The van der Waals surface area contributed by atoms with Gasteiger partial charge in [-0.05, 0) is 45.1 Å². The number of hydrogen-bond donors (Lipinski definition) is 1. The summed E-state index contributed by atoms with van der Waals surface area (Å²) in [7, 11) is 0.726. The maximum absolute atomic E-state index is 11.9. The van der Waals surface area contributed by atoms with E-state index in [9.17, 15) is 13.2 Å². The minimum Gasteiger partial charge on any atom is -0.356 e. The first-order valence-corrected chi connectivity index (χ1v) is 8.89. The second kappa shape index (κ2) is 8.14. The number of hydrogen-bond acceptors (Lipinski definition) is 4. The number of sulfone groups is 1. The topological polar surface area (TPSA) is 66.5 Å². The Kier molecular flexibility index (Phi) is 6.84. The maximum atomic E-state index is 11.9. The predicted molar refractivity (Wildman–Crippen MR) is 84.1 cm³/mol. The second-order valence-corrected chi connectivity index (χ2v) is 7.40. The van der Waals surface area contributed by atoms with Crippen molar-refractivity contribution in [2.75, 3.05) is 33.4 Å². The van der Waals surface area contributed by atoms with Crippen LogP contribution in [0.2, 0.25) is 0 Å². The summed E-state index contributed by atoms with van der Waals surface area (Å²) in [6.45, 7) is 1.61. The molecule has 0 saturated carbocycles. The van der Waals surface area contributed by atoms with E-state index < -0.39 is 9.84 Å². The number of unbranched alkanes of at least 4 members (excludes halogenated alkanes) is 1. The van der Waals surface area contributed by atoms with Crippen LogP contribution in [-0.2, 0) is 21.1 Å². The third kappa shape index (κ3) is 6.73. The van der Waals surface area contributed by atoms with Crippen molar-refractivity contribution in [1.82, 2.24) is 10.2 Å². The Labute approximate surface area is 127 Å². The predicted octanol–water partition coefficient (Wildman–Crippen LogP) is 1.09. The maximum Gasteiger partial charge on any atom is 0.224 e. The lowest BCUT2D eigenvalue weighted by atomic mass is 10.1. The van der Waals surface area contributed by atoms with Crippen molar-refractivity contribution in [3.8, 4) is 0 Å². The first kappa shape index (κ1) is 17.7. The van der Waals surface area contributed by atoms with E-state index in [0.717, 1.165) is 25.6 Å². The fourth-order valence-electron chi connectivity index (χ4n) is 2.03. The number of rotatable bonds is 8. The third-order valence-corrected chi connectivity index (χ3v) is 4.27. The molecule has 0 unspecified atom stereocenters. The van der Waals surface area contributed by atoms with Crippen molar-refractivity contribution >= 4 is 15.7 Å². The van der Waals surface area contributed by atoms with Crippen molar-refractivity contribution in [1.29, 1.82) is 0 Å². The lowest BCUT2D eigenvalue weighted by molar-refractivity contribution is -0.120. The van der Waals surface area contributed by atoms with Crippen LogP contribution in [-0.4, -0.2) is 52.7 Å². The quantitative estimate of drug-likeness (QED) is 0.730. The van der Waals surface area contributed by atoms with Crippen molar-refractivity contribution < 1.29 is 13.2 Å². The highest BCUT2D eigenvalue weighted by molar-refractivity contribution is 7.90. The number of carbonyl (C=O) groups excluding carboxylic acids is 1. The molecule has 21 heavy (non-hydrogen) atoms. The standard InChI is InChI=1S/C15H24N2O3S/c1-17(2)11-7-6-10-16-15(18)12-13-8-4-5-9-14(13)21(3,19)20/h4-5,8-9H,6-7,10-12H2,1-3H3,(H,16,18). The summed E-state index contributed by atoms with van der Waals surface area (Å²) in [4.78, 5) is 14.2. The molecule has 0 bridgehead atoms. The fraction of sp³-hybridized carbons (Fsp3) is 0.533. The number of nitrogens with one attached hydrogen (secondary N) is 1. The average molecular weight is 312 g/mol. The molecule has 0 fully saturated rings. The smallest absolute Gasteiger partial charge is 0.224 e. The Bertz CT molecular complexity index is 568. The minimum atomic E-state index is -3.30. The molecule has 118 valence electrons. The van der Waals surface area contributed by atoms with Crippen LogP contribution < -0.4 is 5.32 Å². The first-order chi connectivity index (χ1) is 9.80. The molecule has 0 aliphatic rings. The number of benzene rings is 1. The van der Waals surface area contributed by atoms with Gasteiger partial charge in [-0.1, -0.05) is 18.2 Å². The molecular formula is C15H24N2O3S. The Hall–Kier alpha value is -1.40. The molecule has 0 atom stereocenters. The summed E-state index contributed by atoms with van der Waals surface area (Å²) in [5.74, 6) is -0.143. The van der Waals surface area contributed by atoms with Gasteiger partial charge in [0.05, 0.1) is 11.3 Å². The molecule has 0 heterocycles. The molecule has 1 N–H and O–H groups in total. The molecule has 0 radical (unpaired) electrons. The van der Waals surface area contributed by atoms with Crippen molar-refractivity contribution in [2.24, 2.45) is 0 Å². The van der Waals surface area contributed by atoms with E-state index in [1.165, 1.54) is 6.07 Å². The van der Waals surface area contributed by atoms with E-state index in [0.29, 0.717) is 12.1 Å². The van der Waals surface area contributed by atoms with Crippen molar-refractivity contribution in [2.45, 2.75) is 24.2 Å². The zero-order valence-corrected chi connectivity index (χ0v) is 13.7. The zero-order chi connectivity index (χ0) is 15.9. The van der Waals surface area contributed by atoms with Crippen LogP contribution in [0.15, 0.2) is 29.2 Å². The molecule has 1 amide bonds. The first-order valence-electron chi connectivity index (χ1n) is 7.00. The van der Waals surface area contributed by atoms with Gasteiger partial charge in [0.15, 0.2) is 9.84 Å². The molecule has 5 nitrogen and oxygen atoms in total. The van der Waals surface area contributed by atoms with Gasteiger partial charge < -0.3 is 10.2 Å². The number of nitrogens with zero attached hydrogens (tertiary/aromatic N) is 1. The van der Waals surface area contributed by atoms with Crippen LogP contribution in [0.4, 0.5) is 0 Å². The van der Waals surface area contributed by atoms with Crippen LogP contribution in [0, 0.1) is 0 Å². The second-order valence-electron chi connectivity index (χ2n) is 5.42. The van der Waals surface area contributed by atoms with Gasteiger partial charge in [0.25, 0.3) is 0 Å². The van der Waals surface area contributed by atoms with Gasteiger partial charge in [-0.2, -0.15) is 0 Å². The average Bonchev–Trinajstić information content (AvgIpc) is 2.37. The normalized spacial score (nSPS) is 11.6. The summed E-state index contributed by atoms with van der Waals surface area (Å²) in [5, 5.41) is 2.83. The largest absolute Gasteiger partial charge is 0.356 e. The van der Waals surface area contributed by atoms with Crippen LogP contribution in [0.3, 0.4) is 0 Å². The molecule has 1 aromatic rings. The molecule has 1 aromatic carbocycles. The van der Waals surface area contributed by atoms with E-state index in [1.807, 2.05) is 14.1 Å². The Morgan fingerprint density at radius 3 is 2.48 bits per heavy atom. The van der Waals surface area contributed by atoms with Gasteiger partial charge in [-0.25, -0.2) is 8.42 Å². The summed E-state index contributed by atoms with van der Waals surface area (Å²) >= 11 is 0. The fourth-order valence-corrected chi connectivity index (χ4v) is 2.97. The Morgan fingerprint density at radius 2 is 1.86 bits per heavy atom. The Balaban J connectivity index is 2.49. The number of amides is 1. The molecular weight excluding hydrogens is 288 g/mol. The molecule has 1 rings (SSSR count). The molecule has 6 heteroatoms. The van der Waals surface area contributed by atoms with E-state index in [2.05, 4.69) is 10.2 Å². The Morgan fingerprint density at radius 1 is 1.19 bits per heavy atom. The number of carbonyl (C=O) groups is 1. The third-order valence-electron chi connectivity index (χ3n) is 3.08. The highest BCUT2D eigenvalue weighted by Gasteiger charge is 2.14. The van der Waals surface area contributed by atoms with Gasteiger partial charge in [-0.3, -0.25) is 4.79 Å². The summed E-state index contributed by atoms with van der Waals surface area (Å²) in [6, 6.07) is 6.63. The van der Waals surface area contributed by atoms with Crippen LogP contribution in [0.5, 0.6) is 0 Å². The van der Waals surface area contributed by atoms with Gasteiger partial charge in [0.2, 0.25) is 5.91 Å². The van der Waals surface area contributed by atoms with Gasteiger partial charge in [0, 0.05) is 12.8 Å². The minimum absolute atomic E-state index is 0.0942. The van der Waals surface area contributed by atoms with Crippen molar-refractivity contribution in [3.63, 3.8) is 0 Å². The van der Waals surface area contributed by atoms with E-state index >= 15 is 0 Å². The molecule has 0 aromatic heterocycles. The van der Waals surface area contributed by atoms with Crippen LogP contribution >= 0.6 is 0 Å². The highest BCUT2D eigenvalue weighted by atomic mass is 32.2. The van der Waals surface area contributed by atoms with Crippen molar-refractivity contribution in [3.05, 3.63) is 29.8 Å². The molecule has 0 saturated heterocycles. The molecule has 0 aliphatic heterocycles. The molecule has 0 spiro atoms. The summed E-state index contributed by atoms with van der Waals surface area (Å²) < 4.78 is 23.3. The summed E-state index contributed by atoms with van der Waals surface area (Å²) in [6.07, 6.45) is 3.19. The van der Waals surface area contributed by atoms with Gasteiger partial charge >= 0.3 is 0 Å². The van der Waals surface area contributed by atoms with E-state index in [1.54, 1.807) is 18.2 Å². The van der Waals surface area contributed by atoms with Gasteiger partial charge in [-0.15, -0.1) is 0 Å². The summed E-state index contributed by atoms with van der Waals surface area (Å²) in [5.41, 5.74) is 0.547. The monoisotopic (exact) mass is 312 g/mol. The molecule has 0 aliphatic carbocycles. The highest BCUT2D eigenvalue weighted by Crippen LogP contribution is 2.15. The lowest BCUT2D eigenvalue weighted by Crippen LogP contribution is -2.27. The van der Waals surface area contributed by atoms with E-state index in [4.69, 9.17) is 0 Å². The lowest BCUT2D eigenvalue weighted by Gasteiger charge is -2.10. The SMILES string of the molecule is CN(C)CCCCNC(=O)Cc1ccccc1S(C)(=O)=O. The zero-order valence-electron chi connectivity index (χ0n) is 12.9.